The predicted molar refractivity (Wildman–Crippen MR) is 156 cm³/mol. The van der Waals surface area contributed by atoms with Crippen LogP contribution in [0.4, 0.5) is 5.69 Å². The minimum Gasteiger partial charge on any atom is -0.494 e. The van der Waals surface area contributed by atoms with Crippen LogP contribution in [0.15, 0.2) is 65.7 Å². The third-order valence-electron chi connectivity index (χ3n) is 6.53. The summed E-state index contributed by atoms with van der Waals surface area (Å²) in [5, 5.41) is 11.7. The molecule has 4 rings (SSSR count). The number of aromatic hydroxyl groups is 1. The summed E-state index contributed by atoms with van der Waals surface area (Å²) >= 11 is 0. The van der Waals surface area contributed by atoms with Crippen LogP contribution in [0.25, 0.3) is 10.9 Å². The molecule has 40 heavy (non-hydrogen) atoms. The number of aromatic amines is 1. The number of hydroxylamine groups is 1. The number of amides is 1. The topological polar surface area (TPSA) is 116 Å². The number of aliphatic imine (C=N–C) groups is 1. The largest absolute Gasteiger partial charge is 0.494 e. The van der Waals surface area contributed by atoms with Crippen LogP contribution >= 0.6 is 0 Å². The lowest BCUT2D eigenvalue weighted by Gasteiger charge is -2.12. The number of nitrogens with one attached hydrogen (secondary N) is 2. The molecule has 1 heterocycles. The van der Waals surface area contributed by atoms with Gasteiger partial charge in [0, 0.05) is 22.0 Å². The fourth-order valence-electron chi connectivity index (χ4n) is 4.49. The third-order valence-corrected chi connectivity index (χ3v) is 6.53. The maximum atomic E-state index is 12.7. The summed E-state index contributed by atoms with van der Waals surface area (Å²) in [5.74, 6) is -0.851. The third kappa shape index (κ3) is 6.39. The Morgan fingerprint density at radius 1 is 1.00 bits per heavy atom. The molecule has 208 valence electrons. The Morgan fingerprint density at radius 3 is 2.40 bits per heavy atom. The van der Waals surface area contributed by atoms with Crippen LogP contribution in [0, 0.1) is 13.8 Å². The molecule has 0 fully saturated rings. The molecule has 0 bridgehead atoms. The Bertz CT molecular complexity index is 1560. The number of H-pyrrole nitrogens is 1. The normalized spacial score (nSPS) is 11.7. The van der Waals surface area contributed by atoms with E-state index >= 15 is 0 Å². The maximum absolute atomic E-state index is 12.7. The van der Waals surface area contributed by atoms with Gasteiger partial charge in [-0.2, -0.15) is 0 Å². The lowest BCUT2D eigenvalue weighted by Crippen LogP contribution is -2.26. The lowest BCUT2D eigenvalue weighted by molar-refractivity contribution is 0.0288. The van der Waals surface area contributed by atoms with Gasteiger partial charge in [-0.05, 0) is 82.4 Å². The first kappa shape index (κ1) is 28.5. The summed E-state index contributed by atoms with van der Waals surface area (Å²) in [6, 6.07) is 18.3. The van der Waals surface area contributed by atoms with E-state index in [0.717, 1.165) is 24.1 Å². The number of benzene rings is 3. The summed E-state index contributed by atoms with van der Waals surface area (Å²) in [7, 11) is 5.30. The Kier molecular flexibility index (Phi) is 8.98. The number of ether oxygens (including phenoxy) is 1. The van der Waals surface area contributed by atoms with Crippen molar-refractivity contribution in [3.05, 3.63) is 94.0 Å². The van der Waals surface area contributed by atoms with Crippen molar-refractivity contribution in [3.8, 4) is 5.88 Å². The van der Waals surface area contributed by atoms with Crippen molar-refractivity contribution in [2.75, 3.05) is 34.4 Å². The SMILES string of the molecule is COC(=O)c1cc2[nH]c(O)c(C(=Nc3ccc(C(=O)NOCCCN(C)C)c(C)c3)c3ccccc3)c2cc1C. The van der Waals surface area contributed by atoms with Crippen LogP contribution in [0.1, 0.15) is 49.4 Å². The summed E-state index contributed by atoms with van der Waals surface area (Å²) < 4.78 is 4.90. The number of hydrogen-bond donors (Lipinski definition) is 3. The van der Waals surface area contributed by atoms with Crippen molar-refractivity contribution in [2.45, 2.75) is 20.3 Å². The smallest absolute Gasteiger partial charge is 0.338 e. The zero-order chi connectivity index (χ0) is 28.8. The highest BCUT2D eigenvalue weighted by atomic mass is 16.6. The number of carbonyl (C=O) groups excluding carboxylic acids is 2. The molecule has 1 aromatic heterocycles. The molecular formula is C31H34N4O5. The summed E-state index contributed by atoms with van der Waals surface area (Å²) in [6.45, 7) is 4.94. The number of esters is 1. The maximum Gasteiger partial charge on any atom is 0.338 e. The van der Waals surface area contributed by atoms with Gasteiger partial charge in [0.1, 0.15) is 0 Å². The summed E-state index contributed by atoms with van der Waals surface area (Å²) in [4.78, 5) is 40.2. The molecule has 3 N–H and O–H groups in total. The monoisotopic (exact) mass is 542 g/mol. The first-order valence-electron chi connectivity index (χ1n) is 12.9. The zero-order valence-corrected chi connectivity index (χ0v) is 23.4. The molecule has 0 saturated heterocycles. The number of fused-ring (bicyclic) bond motifs is 1. The lowest BCUT2D eigenvalue weighted by atomic mass is 9.98. The minimum atomic E-state index is -0.453. The average molecular weight is 543 g/mol. The van der Waals surface area contributed by atoms with Crippen molar-refractivity contribution in [3.63, 3.8) is 0 Å². The molecule has 9 heteroatoms. The number of hydrogen-bond acceptors (Lipinski definition) is 7. The minimum absolute atomic E-state index is 0.0712. The first-order valence-corrected chi connectivity index (χ1v) is 12.9. The van der Waals surface area contributed by atoms with Gasteiger partial charge in [-0.3, -0.25) is 9.63 Å². The number of nitrogens with zero attached hydrogens (tertiary/aromatic N) is 2. The predicted octanol–water partition coefficient (Wildman–Crippen LogP) is 5.06. The second-order valence-corrected chi connectivity index (χ2v) is 9.82. The van der Waals surface area contributed by atoms with Gasteiger partial charge in [0.2, 0.25) is 0 Å². The first-order chi connectivity index (χ1) is 19.2. The Hall–Kier alpha value is -4.47. The Labute approximate surface area is 233 Å². The van der Waals surface area contributed by atoms with E-state index in [4.69, 9.17) is 14.6 Å². The molecule has 0 unspecified atom stereocenters. The number of aryl methyl sites for hydroxylation is 2. The van der Waals surface area contributed by atoms with Gasteiger partial charge in [0.15, 0.2) is 5.88 Å². The highest BCUT2D eigenvalue weighted by Crippen LogP contribution is 2.33. The molecule has 0 aliphatic heterocycles. The van der Waals surface area contributed by atoms with Crippen LogP contribution in [0.5, 0.6) is 5.88 Å². The van der Waals surface area contributed by atoms with Crippen LogP contribution in [0.3, 0.4) is 0 Å². The van der Waals surface area contributed by atoms with E-state index in [2.05, 4.69) is 15.4 Å². The highest BCUT2D eigenvalue weighted by molar-refractivity contribution is 6.22. The molecular weight excluding hydrogens is 508 g/mol. The standard InChI is InChI=1S/C31H34N4O5/c1-19-16-22(12-13-23(19)29(36)34-40-15-9-14-35(3)4)32-28(21-10-7-6-8-11-21)27-25-17-20(2)24(31(38)39-5)18-26(25)33-30(27)37/h6-8,10-13,16-18,33,37H,9,14-15H2,1-5H3,(H,34,36). The fourth-order valence-corrected chi connectivity index (χ4v) is 4.49. The number of aromatic nitrogens is 1. The van der Waals surface area contributed by atoms with E-state index < -0.39 is 5.97 Å². The molecule has 4 aromatic rings. The van der Waals surface area contributed by atoms with Crippen LogP contribution in [0.2, 0.25) is 0 Å². The molecule has 0 atom stereocenters. The Morgan fingerprint density at radius 2 is 1.73 bits per heavy atom. The molecule has 0 radical (unpaired) electrons. The second kappa shape index (κ2) is 12.6. The van der Waals surface area contributed by atoms with Crippen molar-refractivity contribution in [1.82, 2.24) is 15.4 Å². The van der Waals surface area contributed by atoms with Gasteiger partial charge < -0.3 is 19.7 Å². The van der Waals surface area contributed by atoms with E-state index in [9.17, 15) is 14.7 Å². The number of carbonyl (C=O) groups is 2. The highest BCUT2D eigenvalue weighted by Gasteiger charge is 2.21. The van der Waals surface area contributed by atoms with Crippen LogP contribution < -0.4 is 5.48 Å². The van der Waals surface area contributed by atoms with E-state index in [1.165, 1.54) is 7.11 Å². The molecule has 0 saturated carbocycles. The van der Waals surface area contributed by atoms with Crippen LogP contribution in [-0.2, 0) is 9.57 Å². The van der Waals surface area contributed by atoms with Gasteiger partial charge in [-0.1, -0.05) is 30.3 Å². The molecule has 9 nitrogen and oxygen atoms in total. The van der Waals surface area contributed by atoms with Gasteiger partial charge in [0.05, 0.1) is 36.2 Å². The second-order valence-electron chi connectivity index (χ2n) is 9.82. The van der Waals surface area contributed by atoms with E-state index in [0.29, 0.717) is 51.2 Å². The summed E-state index contributed by atoms with van der Waals surface area (Å²) in [5.41, 5.74) is 7.86. The molecule has 0 aliphatic rings. The van der Waals surface area contributed by atoms with Crippen molar-refractivity contribution in [1.29, 1.82) is 0 Å². The van der Waals surface area contributed by atoms with Crippen LogP contribution in [-0.4, -0.2) is 66.9 Å². The fraction of sp³-hybridized carbons (Fsp3) is 0.258. The van der Waals surface area contributed by atoms with E-state index in [-0.39, 0.29) is 11.8 Å². The van der Waals surface area contributed by atoms with Gasteiger partial charge in [-0.15, -0.1) is 0 Å². The van der Waals surface area contributed by atoms with Crippen molar-refractivity contribution in [2.24, 2.45) is 4.99 Å². The summed E-state index contributed by atoms with van der Waals surface area (Å²) in [6.07, 6.45) is 0.798. The molecule has 0 aliphatic carbocycles. The van der Waals surface area contributed by atoms with Gasteiger partial charge in [-0.25, -0.2) is 15.3 Å². The van der Waals surface area contributed by atoms with Gasteiger partial charge in [0.25, 0.3) is 5.91 Å². The van der Waals surface area contributed by atoms with E-state index in [1.807, 2.05) is 70.4 Å². The average Bonchev–Trinajstić information content (AvgIpc) is 3.25. The quantitative estimate of drug-likeness (QED) is 0.112. The Balaban J connectivity index is 1.70. The number of methoxy groups -OCH3 is 1. The molecule has 1 amide bonds. The van der Waals surface area contributed by atoms with Crippen molar-refractivity contribution < 1.29 is 24.3 Å². The number of rotatable bonds is 10. The van der Waals surface area contributed by atoms with Crippen molar-refractivity contribution >= 4 is 34.2 Å². The van der Waals surface area contributed by atoms with Gasteiger partial charge >= 0.3 is 5.97 Å². The van der Waals surface area contributed by atoms with E-state index in [1.54, 1.807) is 18.2 Å². The molecule has 3 aromatic carbocycles. The zero-order valence-electron chi connectivity index (χ0n) is 23.4. The molecule has 0 spiro atoms.